The van der Waals surface area contributed by atoms with Crippen molar-refractivity contribution in [3.63, 3.8) is 0 Å². The number of nitrogens with zero attached hydrogens (tertiary/aromatic N) is 2. The first-order valence-corrected chi connectivity index (χ1v) is 5.50. The number of hydrogen-bond donors (Lipinski definition) is 1. The number of carbonyl (C=O) groups is 1. The highest BCUT2D eigenvalue weighted by atomic mass is 35.5. The Morgan fingerprint density at radius 3 is 2.39 bits per heavy atom. The molecule has 1 heterocycles. The Morgan fingerprint density at radius 2 is 1.83 bits per heavy atom. The van der Waals surface area contributed by atoms with Gasteiger partial charge in [0, 0.05) is 10.6 Å². The maximum atomic E-state index is 11.8. The fraction of sp³-hybridized carbons (Fsp3) is 0.0833. The summed E-state index contributed by atoms with van der Waals surface area (Å²) in [5, 5.41) is 3.25. The monoisotopic (exact) mass is 263 g/mol. The summed E-state index contributed by atoms with van der Waals surface area (Å²) < 4.78 is 4.82. The first-order valence-electron chi connectivity index (χ1n) is 5.12. The van der Waals surface area contributed by atoms with Gasteiger partial charge in [0.1, 0.15) is 0 Å². The number of rotatable bonds is 3. The van der Waals surface area contributed by atoms with Crippen LogP contribution in [0.3, 0.4) is 0 Å². The fourth-order valence-corrected chi connectivity index (χ4v) is 1.42. The quantitative estimate of drug-likeness (QED) is 0.923. The number of carbonyl (C=O) groups excluding carboxylic acids is 1. The van der Waals surface area contributed by atoms with Gasteiger partial charge in [0.05, 0.1) is 25.2 Å². The second-order valence-corrected chi connectivity index (χ2v) is 3.86. The summed E-state index contributed by atoms with van der Waals surface area (Å²) in [5.41, 5.74) is 1.01. The second-order valence-electron chi connectivity index (χ2n) is 3.42. The lowest BCUT2D eigenvalue weighted by molar-refractivity contribution is 0.102. The van der Waals surface area contributed by atoms with Gasteiger partial charge in [-0.25, -0.2) is 9.97 Å². The van der Waals surface area contributed by atoms with Gasteiger partial charge in [-0.05, 0) is 24.3 Å². The summed E-state index contributed by atoms with van der Waals surface area (Å²) >= 11 is 5.74. The van der Waals surface area contributed by atoms with E-state index in [1.807, 2.05) is 0 Å². The van der Waals surface area contributed by atoms with E-state index in [-0.39, 0.29) is 11.9 Å². The third kappa shape index (κ3) is 2.95. The molecule has 1 aromatic carbocycles. The van der Waals surface area contributed by atoms with Crippen molar-refractivity contribution in [2.24, 2.45) is 0 Å². The van der Waals surface area contributed by atoms with Crippen LogP contribution in [0.25, 0.3) is 0 Å². The van der Waals surface area contributed by atoms with E-state index in [0.717, 1.165) is 0 Å². The van der Waals surface area contributed by atoms with E-state index in [1.54, 1.807) is 24.3 Å². The molecule has 5 nitrogen and oxygen atoms in total. The number of benzene rings is 1. The molecule has 2 rings (SSSR count). The molecule has 92 valence electrons. The normalized spacial score (nSPS) is 9.89. The first kappa shape index (κ1) is 12.3. The molecule has 0 radical (unpaired) electrons. The van der Waals surface area contributed by atoms with Gasteiger partial charge < -0.3 is 10.1 Å². The van der Waals surface area contributed by atoms with Crippen LogP contribution in [0.15, 0.2) is 36.7 Å². The molecule has 0 saturated carbocycles. The molecule has 6 heteroatoms. The highest BCUT2D eigenvalue weighted by Crippen LogP contribution is 2.12. The third-order valence-corrected chi connectivity index (χ3v) is 2.43. The van der Waals surface area contributed by atoms with E-state index < -0.39 is 0 Å². The Kier molecular flexibility index (Phi) is 3.74. The van der Waals surface area contributed by atoms with Crippen LogP contribution in [-0.4, -0.2) is 23.0 Å². The zero-order valence-corrected chi connectivity index (χ0v) is 10.3. The molecule has 1 aromatic heterocycles. The van der Waals surface area contributed by atoms with E-state index in [0.29, 0.717) is 16.3 Å². The minimum absolute atomic E-state index is 0.250. The number of ether oxygens (including phenoxy) is 1. The molecule has 0 unspecified atom stereocenters. The maximum absolute atomic E-state index is 11.8. The summed E-state index contributed by atoms with van der Waals surface area (Å²) in [7, 11) is 1.47. The van der Waals surface area contributed by atoms with Crippen molar-refractivity contribution in [3.05, 3.63) is 47.2 Å². The molecule has 1 N–H and O–H groups in total. The molecule has 0 aliphatic carbocycles. The number of anilines is 1. The molecule has 0 fully saturated rings. The molecule has 0 atom stereocenters. The number of methoxy groups -OCH3 is 1. The lowest BCUT2D eigenvalue weighted by Crippen LogP contribution is -2.12. The average Bonchev–Trinajstić information content (AvgIpc) is 2.40. The minimum Gasteiger partial charge on any atom is -0.467 e. The van der Waals surface area contributed by atoms with Gasteiger partial charge in [-0.3, -0.25) is 4.79 Å². The van der Waals surface area contributed by atoms with Crippen molar-refractivity contribution in [1.82, 2.24) is 9.97 Å². The molecular weight excluding hydrogens is 254 g/mol. The van der Waals surface area contributed by atoms with Crippen molar-refractivity contribution >= 4 is 23.2 Å². The summed E-state index contributed by atoms with van der Waals surface area (Å²) in [6.45, 7) is 0. The lowest BCUT2D eigenvalue weighted by Gasteiger charge is -2.05. The average molecular weight is 264 g/mol. The van der Waals surface area contributed by atoms with Gasteiger partial charge in [-0.1, -0.05) is 11.6 Å². The van der Waals surface area contributed by atoms with E-state index in [2.05, 4.69) is 15.3 Å². The maximum Gasteiger partial charge on any atom is 0.316 e. The van der Waals surface area contributed by atoms with Crippen molar-refractivity contribution < 1.29 is 9.53 Å². The Bertz CT molecular complexity index is 540. The van der Waals surface area contributed by atoms with E-state index in [1.165, 1.54) is 19.5 Å². The zero-order chi connectivity index (χ0) is 13.0. The molecular formula is C12H10ClN3O2. The second kappa shape index (κ2) is 5.46. The molecule has 0 aliphatic heterocycles. The summed E-state index contributed by atoms with van der Waals surface area (Å²) in [4.78, 5) is 19.6. The minimum atomic E-state index is -0.250. The van der Waals surface area contributed by atoms with Crippen LogP contribution < -0.4 is 10.1 Å². The number of amides is 1. The van der Waals surface area contributed by atoms with Crippen molar-refractivity contribution in [2.45, 2.75) is 0 Å². The lowest BCUT2D eigenvalue weighted by atomic mass is 10.2. The standard InChI is InChI=1S/C12H10ClN3O2/c1-18-12-14-6-10(7-15-12)16-11(17)8-2-4-9(13)5-3-8/h2-7H,1H3,(H,16,17). The zero-order valence-electron chi connectivity index (χ0n) is 9.55. The molecule has 0 saturated heterocycles. The summed E-state index contributed by atoms with van der Waals surface area (Å²) in [6, 6.07) is 6.84. The van der Waals surface area contributed by atoms with Gasteiger partial charge in [0.15, 0.2) is 0 Å². The van der Waals surface area contributed by atoms with Crippen LogP contribution in [0.1, 0.15) is 10.4 Å². The smallest absolute Gasteiger partial charge is 0.316 e. The van der Waals surface area contributed by atoms with Gasteiger partial charge in [0.2, 0.25) is 0 Å². The molecule has 1 amide bonds. The Hall–Kier alpha value is -2.14. The number of nitrogens with one attached hydrogen (secondary N) is 1. The SMILES string of the molecule is COc1ncc(NC(=O)c2ccc(Cl)cc2)cn1. The van der Waals surface area contributed by atoms with Gasteiger partial charge in [-0.15, -0.1) is 0 Å². The topological polar surface area (TPSA) is 64.1 Å². The largest absolute Gasteiger partial charge is 0.467 e. The van der Waals surface area contributed by atoms with Crippen LogP contribution in [0, 0.1) is 0 Å². The van der Waals surface area contributed by atoms with Gasteiger partial charge in [-0.2, -0.15) is 0 Å². The molecule has 0 bridgehead atoms. The Labute approximate surface area is 109 Å². The number of aromatic nitrogens is 2. The molecule has 2 aromatic rings. The van der Waals surface area contributed by atoms with E-state index >= 15 is 0 Å². The van der Waals surface area contributed by atoms with Crippen LogP contribution >= 0.6 is 11.6 Å². The van der Waals surface area contributed by atoms with Crippen molar-refractivity contribution in [1.29, 1.82) is 0 Å². The Balaban J connectivity index is 2.08. The predicted molar refractivity (Wildman–Crippen MR) is 68.0 cm³/mol. The fourth-order valence-electron chi connectivity index (χ4n) is 1.29. The number of hydrogen-bond acceptors (Lipinski definition) is 4. The van der Waals surface area contributed by atoms with Gasteiger partial charge >= 0.3 is 6.01 Å². The van der Waals surface area contributed by atoms with Crippen molar-refractivity contribution in [2.75, 3.05) is 12.4 Å². The van der Waals surface area contributed by atoms with E-state index in [9.17, 15) is 4.79 Å². The highest BCUT2D eigenvalue weighted by molar-refractivity contribution is 6.30. The van der Waals surface area contributed by atoms with Crippen molar-refractivity contribution in [3.8, 4) is 6.01 Å². The summed E-state index contributed by atoms with van der Waals surface area (Å²) in [6.07, 6.45) is 2.94. The molecule has 18 heavy (non-hydrogen) atoms. The van der Waals surface area contributed by atoms with Crippen LogP contribution in [0.2, 0.25) is 5.02 Å². The predicted octanol–water partition coefficient (Wildman–Crippen LogP) is 2.39. The van der Waals surface area contributed by atoms with Gasteiger partial charge in [0.25, 0.3) is 5.91 Å². The first-order chi connectivity index (χ1) is 8.69. The molecule has 0 spiro atoms. The third-order valence-electron chi connectivity index (χ3n) is 2.18. The molecule has 0 aliphatic rings. The Morgan fingerprint density at radius 1 is 1.22 bits per heavy atom. The number of halogens is 1. The van der Waals surface area contributed by atoms with Crippen LogP contribution in [0.5, 0.6) is 6.01 Å². The summed E-state index contributed by atoms with van der Waals surface area (Å²) in [5.74, 6) is -0.250. The van der Waals surface area contributed by atoms with E-state index in [4.69, 9.17) is 16.3 Å². The van der Waals surface area contributed by atoms with Crippen LogP contribution in [0.4, 0.5) is 5.69 Å². The highest BCUT2D eigenvalue weighted by Gasteiger charge is 2.06. The van der Waals surface area contributed by atoms with Crippen LogP contribution in [-0.2, 0) is 0 Å².